The van der Waals surface area contributed by atoms with E-state index in [9.17, 15) is 4.79 Å². The Hall–Kier alpha value is -1.15. The summed E-state index contributed by atoms with van der Waals surface area (Å²) in [5.41, 5.74) is 3.19. The summed E-state index contributed by atoms with van der Waals surface area (Å²) in [6.07, 6.45) is 4.12. The van der Waals surface area contributed by atoms with E-state index in [1.54, 1.807) is 0 Å². The monoisotopic (exact) mass is 271 g/mol. The molecule has 1 heterocycles. The van der Waals surface area contributed by atoms with Gasteiger partial charge in [-0.15, -0.1) is 0 Å². The molecule has 3 atom stereocenters. The third-order valence-corrected chi connectivity index (χ3v) is 5.34. The molecule has 0 spiro atoms. The van der Waals surface area contributed by atoms with Crippen molar-refractivity contribution in [2.24, 2.45) is 11.8 Å². The van der Waals surface area contributed by atoms with Crippen molar-refractivity contribution in [1.82, 2.24) is 4.90 Å². The van der Waals surface area contributed by atoms with Crippen molar-refractivity contribution in [1.29, 1.82) is 0 Å². The molecule has 1 aliphatic heterocycles. The number of carbonyl (C=O) groups excluding carboxylic acids is 1. The van der Waals surface area contributed by atoms with Crippen LogP contribution in [0.2, 0.25) is 0 Å². The highest BCUT2D eigenvalue weighted by Crippen LogP contribution is 2.38. The number of aryl methyl sites for hydroxylation is 2. The molecular weight excluding hydrogens is 246 g/mol. The summed E-state index contributed by atoms with van der Waals surface area (Å²) in [5, 5.41) is 0. The first kappa shape index (κ1) is 13.8. The van der Waals surface area contributed by atoms with Gasteiger partial charge in [0.05, 0.1) is 6.04 Å². The number of Topliss-reactive ketones (excluding diaryl/α,β-unsaturated/α-hetero) is 1. The van der Waals surface area contributed by atoms with Crippen molar-refractivity contribution >= 4 is 5.78 Å². The second-order valence-corrected chi connectivity index (χ2v) is 6.76. The molecule has 3 unspecified atom stereocenters. The molecule has 0 radical (unpaired) electrons. The minimum absolute atomic E-state index is 0.0288. The van der Waals surface area contributed by atoms with E-state index in [4.69, 9.17) is 0 Å². The number of likely N-dealkylation sites (tertiary alicyclic amines) is 1. The minimum Gasteiger partial charge on any atom is -0.293 e. The van der Waals surface area contributed by atoms with Gasteiger partial charge < -0.3 is 0 Å². The van der Waals surface area contributed by atoms with Crippen LogP contribution >= 0.6 is 0 Å². The number of hydrogen-bond donors (Lipinski definition) is 0. The van der Waals surface area contributed by atoms with Crippen molar-refractivity contribution in [2.75, 3.05) is 13.1 Å². The standard InChI is InChI=1S/C18H25NO/c1-12-7-8-13(2)17(9-12)18(20)14(3)19-10-15-5-4-6-16(15)11-19/h7-9,14-16H,4-6,10-11H2,1-3H3. The van der Waals surface area contributed by atoms with Crippen LogP contribution in [0.15, 0.2) is 18.2 Å². The van der Waals surface area contributed by atoms with E-state index in [1.165, 1.54) is 24.8 Å². The van der Waals surface area contributed by atoms with Crippen LogP contribution < -0.4 is 0 Å². The second-order valence-electron chi connectivity index (χ2n) is 6.76. The number of benzene rings is 1. The highest BCUT2D eigenvalue weighted by molar-refractivity contribution is 6.01. The summed E-state index contributed by atoms with van der Waals surface area (Å²) in [6, 6.07) is 6.22. The number of carbonyl (C=O) groups is 1. The van der Waals surface area contributed by atoms with Crippen molar-refractivity contribution < 1.29 is 4.79 Å². The Balaban J connectivity index is 1.75. The molecule has 1 aliphatic carbocycles. The highest BCUT2D eigenvalue weighted by Gasteiger charge is 2.39. The Kier molecular flexibility index (Phi) is 3.68. The molecular formula is C18H25NO. The normalized spacial score (nSPS) is 27.6. The summed E-state index contributed by atoms with van der Waals surface area (Å²) >= 11 is 0. The lowest BCUT2D eigenvalue weighted by atomic mass is 9.97. The maximum atomic E-state index is 12.8. The smallest absolute Gasteiger partial charge is 0.179 e. The first-order chi connectivity index (χ1) is 9.56. The zero-order valence-electron chi connectivity index (χ0n) is 12.9. The molecule has 1 saturated heterocycles. The second kappa shape index (κ2) is 5.33. The minimum atomic E-state index is 0.0288. The van der Waals surface area contributed by atoms with Crippen LogP contribution in [0, 0.1) is 25.7 Å². The SMILES string of the molecule is Cc1ccc(C)c(C(=O)C(C)N2CC3CCCC3C2)c1. The van der Waals surface area contributed by atoms with Crippen LogP contribution in [-0.4, -0.2) is 29.8 Å². The fraction of sp³-hybridized carbons (Fsp3) is 0.611. The van der Waals surface area contributed by atoms with Crippen LogP contribution in [0.5, 0.6) is 0 Å². The van der Waals surface area contributed by atoms with E-state index in [-0.39, 0.29) is 6.04 Å². The maximum absolute atomic E-state index is 12.8. The fourth-order valence-electron chi connectivity index (χ4n) is 3.98. The van der Waals surface area contributed by atoms with E-state index >= 15 is 0 Å². The van der Waals surface area contributed by atoms with Crippen molar-refractivity contribution in [3.05, 3.63) is 34.9 Å². The van der Waals surface area contributed by atoms with Gasteiger partial charge >= 0.3 is 0 Å². The Bertz CT molecular complexity index is 510. The van der Waals surface area contributed by atoms with Crippen LogP contribution in [0.1, 0.15) is 47.7 Å². The predicted octanol–water partition coefficient (Wildman–Crippen LogP) is 3.61. The van der Waals surface area contributed by atoms with Gasteiger partial charge in [0.1, 0.15) is 0 Å². The van der Waals surface area contributed by atoms with Gasteiger partial charge in [0, 0.05) is 18.7 Å². The largest absolute Gasteiger partial charge is 0.293 e. The maximum Gasteiger partial charge on any atom is 0.179 e. The quantitative estimate of drug-likeness (QED) is 0.783. The molecule has 0 bridgehead atoms. The molecule has 108 valence electrons. The van der Waals surface area contributed by atoms with Crippen LogP contribution in [-0.2, 0) is 0 Å². The molecule has 0 amide bonds. The predicted molar refractivity (Wildman–Crippen MR) is 82.1 cm³/mol. The number of ketones is 1. The van der Waals surface area contributed by atoms with Crippen LogP contribution in [0.4, 0.5) is 0 Å². The zero-order chi connectivity index (χ0) is 14.3. The average Bonchev–Trinajstić information content (AvgIpc) is 3.00. The molecule has 2 aliphatic rings. The van der Waals surface area contributed by atoms with E-state index in [0.29, 0.717) is 5.78 Å². The van der Waals surface area contributed by atoms with Crippen molar-refractivity contribution in [3.63, 3.8) is 0 Å². The Morgan fingerprint density at radius 3 is 2.50 bits per heavy atom. The third-order valence-electron chi connectivity index (χ3n) is 5.34. The average molecular weight is 271 g/mol. The molecule has 1 aromatic rings. The number of rotatable bonds is 3. The van der Waals surface area contributed by atoms with Gasteiger partial charge in [0.25, 0.3) is 0 Å². The van der Waals surface area contributed by atoms with Crippen molar-refractivity contribution in [3.8, 4) is 0 Å². The number of fused-ring (bicyclic) bond motifs is 1. The molecule has 0 aromatic heterocycles. The molecule has 3 rings (SSSR count). The van der Waals surface area contributed by atoms with Crippen molar-refractivity contribution in [2.45, 2.75) is 46.1 Å². The Morgan fingerprint density at radius 1 is 1.20 bits per heavy atom. The van der Waals surface area contributed by atoms with E-state index in [2.05, 4.69) is 30.9 Å². The summed E-state index contributed by atoms with van der Waals surface area (Å²) in [5.74, 6) is 2.00. The highest BCUT2D eigenvalue weighted by atomic mass is 16.1. The number of hydrogen-bond acceptors (Lipinski definition) is 2. The zero-order valence-corrected chi connectivity index (χ0v) is 12.9. The van der Waals surface area contributed by atoms with Gasteiger partial charge in [-0.2, -0.15) is 0 Å². The molecule has 2 heteroatoms. The lowest BCUT2D eigenvalue weighted by molar-refractivity contribution is 0.0857. The Labute approximate surface area is 122 Å². The van der Waals surface area contributed by atoms with Gasteiger partial charge in [-0.1, -0.05) is 24.1 Å². The van der Waals surface area contributed by atoms with Gasteiger partial charge in [-0.3, -0.25) is 9.69 Å². The molecule has 0 N–H and O–H groups in total. The number of nitrogens with zero attached hydrogens (tertiary/aromatic N) is 1. The molecule has 1 saturated carbocycles. The summed E-state index contributed by atoms with van der Waals surface area (Å²) in [4.78, 5) is 15.2. The summed E-state index contributed by atoms with van der Waals surface area (Å²) in [6.45, 7) is 8.44. The molecule has 20 heavy (non-hydrogen) atoms. The van der Waals surface area contributed by atoms with E-state index in [1.807, 2.05) is 13.0 Å². The molecule has 2 nitrogen and oxygen atoms in total. The van der Waals surface area contributed by atoms with E-state index in [0.717, 1.165) is 36.1 Å². The topological polar surface area (TPSA) is 20.3 Å². The first-order valence-corrected chi connectivity index (χ1v) is 7.92. The first-order valence-electron chi connectivity index (χ1n) is 7.92. The molecule has 1 aromatic carbocycles. The van der Waals surface area contributed by atoms with Gasteiger partial charge in [0.2, 0.25) is 0 Å². The lowest BCUT2D eigenvalue weighted by Gasteiger charge is -2.24. The lowest BCUT2D eigenvalue weighted by Crippen LogP contribution is -2.38. The van der Waals surface area contributed by atoms with Gasteiger partial charge in [-0.05, 0) is 57.1 Å². The van der Waals surface area contributed by atoms with Gasteiger partial charge in [-0.25, -0.2) is 0 Å². The van der Waals surface area contributed by atoms with E-state index < -0.39 is 0 Å². The van der Waals surface area contributed by atoms with Crippen LogP contribution in [0.25, 0.3) is 0 Å². The third kappa shape index (κ3) is 2.42. The Morgan fingerprint density at radius 2 is 1.85 bits per heavy atom. The van der Waals surface area contributed by atoms with Crippen LogP contribution in [0.3, 0.4) is 0 Å². The summed E-state index contributed by atoms with van der Waals surface area (Å²) < 4.78 is 0. The summed E-state index contributed by atoms with van der Waals surface area (Å²) in [7, 11) is 0. The van der Waals surface area contributed by atoms with Gasteiger partial charge in [0.15, 0.2) is 5.78 Å². The fourth-order valence-corrected chi connectivity index (χ4v) is 3.98. The molecule has 2 fully saturated rings.